The zero-order chi connectivity index (χ0) is 13.1. The minimum absolute atomic E-state index is 0.00584. The van der Waals surface area contributed by atoms with Crippen molar-refractivity contribution in [2.24, 2.45) is 0 Å². The summed E-state index contributed by atoms with van der Waals surface area (Å²) in [6.45, 7) is 0.647. The van der Waals surface area contributed by atoms with E-state index in [1.165, 1.54) is 12.3 Å². The van der Waals surface area contributed by atoms with Gasteiger partial charge in [0.05, 0.1) is 12.2 Å². The third-order valence-corrected chi connectivity index (χ3v) is 2.11. The number of aliphatic hydroxyl groups is 1. The van der Waals surface area contributed by atoms with E-state index in [2.05, 4.69) is 10.3 Å². The molecule has 1 aromatic rings. The van der Waals surface area contributed by atoms with Gasteiger partial charge >= 0.3 is 5.97 Å². The Balaban J connectivity index is 2.69. The van der Waals surface area contributed by atoms with E-state index in [9.17, 15) is 14.7 Å². The van der Waals surface area contributed by atoms with Gasteiger partial charge in [-0.25, -0.2) is 9.78 Å². The molecule has 0 spiro atoms. The lowest BCUT2D eigenvalue weighted by Crippen LogP contribution is -2.46. The molecule has 0 aliphatic carbocycles. The molecule has 7 heteroatoms. The highest BCUT2D eigenvalue weighted by Gasteiger charge is 2.30. The fraction of sp³-hybridized carbons (Fsp3) is 0.300. The Morgan fingerprint density at radius 1 is 1.59 bits per heavy atom. The van der Waals surface area contributed by atoms with Gasteiger partial charge in [-0.15, -0.1) is 0 Å². The Labute approximate surface area is 97.3 Å². The zero-order valence-corrected chi connectivity index (χ0v) is 9.17. The molecule has 0 aromatic carbocycles. The standard InChI is InChI=1S/C10H13N3O4/c1-10(17,9(15)16)5-13-8(14)7-6(11)3-2-4-12-7/h2-4,17H,5,11H2,1H3,(H,13,14)(H,15,16). The summed E-state index contributed by atoms with van der Waals surface area (Å²) >= 11 is 0. The molecule has 1 rings (SSSR count). The first kappa shape index (κ1) is 12.9. The maximum atomic E-state index is 11.6. The molecule has 0 fully saturated rings. The monoisotopic (exact) mass is 239 g/mol. The Morgan fingerprint density at radius 3 is 2.76 bits per heavy atom. The van der Waals surface area contributed by atoms with Gasteiger partial charge in [0.2, 0.25) is 0 Å². The van der Waals surface area contributed by atoms with Crippen molar-refractivity contribution in [3.05, 3.63) is 24.0 Å². The molecule has 17 heavy (non-hydrogen) atoms. The van der Waals surface area contributed by atoms with Crippen LogP contribution in [0.1, 0.15) is 17.4 Å². The summed E-state index contributed by atoms with van der Waals surface area (Å²) in [6, 6.07) is 3.07. The predicted octanol–water partition coefficient (Wildman–Crippen LogP) is -0.771. The van der Waals surface area contributed by atoms with Crippen LogP contribution in [0, 0.1) is 0 Å². The maximum absolute atomic E-state index is 11.6. The third kappa shape index (κ3) is 3.15. The number of carboxylic acid groups (broad SMARTS) is 1. The number of carboxylic acids is 1. The second-order valence-electron chi connectivity index (χ2n) is 3.70. The quantitative estimate of drug-likeness (QED) is 0.546. The number of pyridine rings is 1. The zero-order valence-electron chi connectivity index (χ0n) is 9.17. The summed E-state index contributed by atoms with van der Waals surface area (Å²) in [5.41, 5.74) is 3.66. The smallest absolute Gasteiger partial charge is 0.337 e. The van der Waals surface area contributed by atoms with Gasteiger partial charge in [-0.1, -0.05) is 0 Å². The van der Waals surface area contributed by atoms with Gasteiger partial charge in [-0.3, -0.25) is 4.79 Å². The number of hydrogen-bond acceptors (Lipinski definition) is 5. The van der Waals surface area contributed by atoms with Crippen LogP contribution < -0.4 is 11.1 Å². The summed E-state index contributed by atoms with van der Waals surface area (Å²) in [6.07, 6.45) is 1.39. The van der Waals surface area contributed by atoms with Crippen LogP contribution in [0.4, 0.5) is 5.69 Å². The van der Waals surface area contributed by atoms with Crippen molar-refractivity contribution in [1.29, 1.82) is 0 Å². The van der Waals surface area contributed by atoms with Gasteiger partial charge in [0.25, 0.3) is 5.91 Å². The van der Waals surface area contributed by atoms with Crippen LogP contribution in [0.2, 0.25) is 0 Å². The number of aromatic nitrogens is 1. The summed E-state index contributed by atoms with van der Waals surface area (Å²) in [7, 11) is 0. The summed E-state index contributed by atoms with van der Waals surface area (Å²) in [5, 5.41) is 20.3. The topological polar surface area (TPSA) is 126 Å². The van der Waals surface area contributed by atoms with E-state index in [1.54, 1.807) is 6.07 Å². The third-order valence-electron chi connectivity index (χ3n) is 2.11. The van der Waals surface area contributed by atoms with E-state index < -0.39 is 24.0 Å². The molecule has 5 N–H and O–H groups in total. The van der Waals surface area contributed by atoms with Crippen LogP contribution in [0.15, 0.2) is 18.3 Å². The average molecular weight is 239 g/mol. The molecule has 0 aliphatic rings. The number of hydrogen-bond donors (Lipinski definition) is 4. The molecule has 0 radical (unpaired) electrons. The van der Waals surface area contributed by atoms with E-state index in [0.29, 0.717) is 0 Å². The summed E-state index contributed by atoms with van der Waals surface area (Å²) < 4.78 is 0. The number of nitrogens with zero attached hydrogens (tertiary/aromatic N) is 1. The Hall–Kier alpha value is -2.15. The van der Waals surface area contributed by atoms with Gasteiger partial charge in [-0.05, 0) is 19.1 Å². The van der Waals surface area contributed by atoms with Crippen LogP contribution in [0.5, 0.6) is 0 Å². The molecule has 1 unspecified atom stereocenters. The average Bonchev–Trinajstić information content (AvgIpc) is 2.26. The van der Waals surface area contributed by atoms with Crippen molar-refractivity contribution in [3.8, 4) is 0 Å². The molecular formula is C10H13N3O4. The number of nitrogens with two attached hydrogens (primary N) is 1. The first-order chi connectivity index (χ1) is 7.84. The highest BCUT2D eigenvalue weighted by atomic mass is 16.4. The fourth-order valence-electron chi connectivity index (χ4n) is 1.02. The number of carbonyl (C=O) groups is 2. The molecule has 0 aliphatic heterocycles. The van der Waals surface area contributed by atoms with Crippen molar-refractivity contribution in [1.82, 2.24) is 10.3 Å². The van der Waals surface area contributed by atoms with E-state index in [-0.39, 0.29) is 11.4 Å². The highest BCUT2D eigenvalue weighted by Crippen LogP contribution is 2.07. The number of rotatable bonds is 4. The lowest BCUT2D eigenvalue weighted by molar-refractivity contribution is -0.155. The Kier molecular flexibility index (Phi) is 3.64. The molecule has 1 heterocycles. The molecule has 1 aromatic heterocycles. The highest BCUT2D eigenvalue weighted by molar-refractivity contribution is 5.97. The molecule has 0 bridgehead atoms. The summed E-state index contributed by atoms with van der Waals surface area (Å²) in [5.74, 6) is -2.06. The lowest BCUT2D eigenvalue weighted by Gasteiger charge is -2.18. The van der Waals surface area contributed by atoms with Crippen LogP contribution in [0.25, 0.3) is 0 Å². The molecule has 0 saturated carbocycles. The van der Waals surface area contributed by atoms with E-state index in [4.69, 9.17) is 10.8 Å². The van der Waals surface area contributed by atoms with Crippen molar-refractivity contribution in [2.45, 2.75) is 12.5 Å². The molecule has 1 atom stereocenters. The van der Waals surface area contributed by atoms with Crippen molar-refractivity contribution < 1.29 is 19.8 Å². The SMILES string of the molecule is CC(O)(CNC(=O)c1ncccc1N)C(=O)O. The van der Waals surface area contributed by atoms with E-state index >= 15 is 0 Å². The fourth-order valence-corrected chi connectivity index (χ4v) is 1.02. The molecule has 1 amide bonds. The first-order valence-electron chi connectivity index (χ1n) is 4.79. The van der Waals surface area contributed by atoms with Gasteiger partial charge in [-0.2, -0.15) is 0 Å². The van der Waals surface area contributed by atoms with Gasteiger partial charge in [0, 0.05) is 6.20 Å². The number of nitrogens with one attached hydrogen (secondary N) is 1. The van der Waals surface area contributed by atoms with Crippen LogP contribution in [-0.4, -0.2) is 39.2 Å². The number of aliphatic carboxylic acids is 1. The van der Waals surface area contributed by atoms with Crippen molar-refractivity contribution >= 4 is 17.6 Å². The van der Waals surface area contributed by atoms with Crippen LogP contribution in [0.3, 0.4) is 0 Å². The van der Waals surface area contributed by atoms with Crippen molar-refractivity contribution in [2.75, 3.05) is 12.3 Å². The molecular weight excluding hydrogens is 226 g/mol. The first-order valence-corrected chi connectivity index (χ1v) is 4.79. The normalized spacial score (nSPS) is 13.8. The van der Waals surface area contributed by atoms with Crippen LogP contribution in [-0.2, 0) is 4.79 Å². The van der Waals surface area contributed by atoms with Gasteiger partial charge in [0.1, 0.15) is 0 Å². The van der Waals surface area contributed by atoms with E-state index in [1.807, 2.05) is 0 Å². The van der Waals surface area contributed by atoms with Gasteiger partial charge < -0.3 is 21.3 Å². The maximum Gasteiger partial charge on any atom is 0.337 e. The van der Waals surface area contributed by atoms with E-state index in [0.717, 1.165) is 6.92 Å². The Bertz CT molecular complexity index is 445. The minimum Gasteiger partial charge on any atom is -0.479 e. The second kappa shape index (κ2) is 4.79. The number of nitrogen functional groups attached to an aromatic ring is 1. The number of carbonyl (C=O) groups excluding carboxylic acids is 1. The number of anilines is 1. The summed E-state index contributed by atoms with van der Waals surface area (Å²) in [4.78, 5) is 25.9. The number of amides is 1. The predicted molar refractivity (Wildman–Crippen MR) is 59.2 cm³/mol. The lowest BCUT2D eigenvalue weighted by atomic mass is 10.1. The minimum atomic E-state index is -2.03. The molecule has 7 nitrogen and oxygen atoms in total. The van der Waals surface area contributed by atoms with Crippen LogP contribution >= 0.6 is 0 Å². The largest absolute Gasteiger partial charge is 0.479 e. The molecule has 0 saturated heterocycles. The van der Waals surface area contributed by atoms with Gasteiger partial charge in [0.15, 0.2) is 11.3 Å². The Morgan fingerprint density at radius 2 is 2.24 bits per heavy atom. The molecule has 92 valence electrons. The van der Waals surface area contributed by atoms with Crippen molar-refractivity contribution in [3.63, 3.8) is 0 Å². The second-order valence-corrected chi connectivity index (χ2v) is 3.70.